The second-order valence-corrected chi connectivity index (χ2v) is 9.77. The summed E-state index contributed by atoms with van der Waals surface area (Å²) in [7, 11) is -3.74. The van der Waals surface area contributed by atoms with Gasteiger partial charge in [0.1, 0.15) is 11.6 Å². The van der Waals surface area contributed by atoms with Crippen LogP contribution < -0.4 is 14.8 Å². The Morgan fingerprint density at radius 3 is 2.43 bits per heavy atom. The summed E-state index contributed by atoms with van der Waals surface area (Å²) < 4.78 is 33.0. The minimum Gasteiger partial charge on any atom is -0.494 e. The maximum absolute atomic E-state index is 12.8. The first-order valence-electron chi connectivity index (χ1n) is 11.4. The Morgan fingerprint density at radius 2 is 1.71 bits per heavy atom. The first-order chi connectivity index (χ1) is 16.9. The van der Waals surface area contributed by atoms with Gasteiger partial charge in [0.05, 0.1) is 28.6 Å². The summed E-state index contributed by atoms with van der Waals surface area (Å²) in [6, 6.07) is 23.3. The zero-order valence-electron chi connectivity index (χ0n) is 19.4. The van der Waals surface area contributed by atoms with Gasteiger partial charge in [-0.05, 0) is 55.3 Å². The second kappa shape index (κ2) is 11.2. The van der Waals surface area contributed by atoms with Crippen molar-refractivity contribution in [1.82, 2.24) is 20.0 Å². The standard InChI is InChI=1S/C26H28N4O4S/c1-2-34-20-12-14-21(15-13-20)35(32,33)27-17-16-25(31)28-24(18-19-8-4-3-5-9-19)26-29-22-10-6-7-11-23(22)30-26/h3-15,24,27H,2,16-18H2,1H3,(H,28,31)(H,29,30)/t24-/m0/s1. The summed E-state index contributed by atoms with van der Waals surface area (Å²) in [5, 5.41) is 3.01. The van der Waals surface area contributed by atoms with Gasteiger partial charge >= 0.3 is 0 Å². The predicted molar refractivity (Wildman–Crippen MR) is 135 cm³/mol. The number of ether oxygens (including phenoxy) is 1. The molecule has 1 heterocycles. The van der Waals surface area contributed by atoms with E-state index in [2.05, 4.69) is 20.0 Å². The molecule has 0 radical (unpaired) electrons. The minimum absolute atomic E-state index is 0.0121. The van der Waals surface area contributed by atoms with Gasteiger partial charge in [0.15, 0.2) is 0 Å². The lowest BCUT2D eigenvalue weighted by atomic mass is 10.1. The molecule has 9 heteroatoms. The molecular formula is C26H28N4O4S. The zero-order valence-corrected chi connectivity index (χ0v) is 20.2. The lowest BCUT2D eigenvalue weighted by Gasteiger charge is -2.17. The number of sulfonamides is 1. The van der Waals surface area contributed by atoms with Crippen molar-refractivity contribution in [2.45, 2.75) is 30.7 Å². The van der Waals surface area contributed by atoms with Crippen LogP contribution in [-0.4, -0.2) is 37.4 Å². The lowest BCUT2D eigenvalue weighted by molar-refractivity contribution is -0.121. The average Bonchev–Trinajstić information content (AvgIpc) is 3.29. The number of nitrogens with zero attached hydrogens (tertiary/aromatic N) is 1. The van der Waals surface area contributed by atoms with Crippen molar-refractivity contribution in [2.24, 2.45) is 0 Å². The number of imidazole rings is 1. The molecule has 1 aromatic heterocycles. The molecule has 4 rings (SSSR count). The second-order valence-electron chi connectivity index (χ2n) is 8.00. The van der Waals surface area contributed by atoms with Gasteiger partial charge in [-0.25, -0.2) is 18.1 Å². The number of nitrogens with one attached hydrogen (secondary N) is 3. The molecule has 0 saturated heterocycles. The van der Waals surface area contributed by atoms with Crippen LogP contribution in [0.4, 0.5) is 0 Å². The summed E-state index contributed by atoms with van der Waals surface area (Å²) in [4.78, 5) is 20.8. The molecule has 4 aromatic rings. The highest BCUT2D eigenvalue weighted by Crippen LogP contribution is 2.20. The molecule has 0 unspecified atom stereocenters. The van der Waals surface area contributed by atoms with E-state index in [9.17, 15) is 13.2 Å². The maximum atomic E-state index is 12.8. The van der Waals surface area contributed by atoms with Crippen LogP contribution >= 0.6 is 0 Å². The molecule has 0 spiro atoms. The lowest BCUT2D eigenvalue weighted by Crippen LogP contribution is -2.34. The van der Waals surface area contributed by atoms with Crippen LogP contribution in [0.3, 0.4) is 0 Å². The van der Waals surface area contributed by atoms with Crippen LogP contribution in [0.2, 0.25) is 0 Å². The zero-order chi connectivity index (χ0) is 24.7. The van der Waals surface area contributed by atoms with Gasteiger partial charge < -0.3 is 15.0 Å². The fraction of sp³-hybridized carbons (Fsp3) is 0.231. The Kier molecular flexibility index (Phi) is 7.79. The molecule has 3 N–H and O–H groups in total. The van der Waals surface area contributed by atoms with Crippen molar-refractivity contribution in [1.29, 1.82) is 0 Å². The quantitative estimate of drug-likeness (QED) is 0.295. The first kappa shape index (κ1) is 24.4. The molecule has 1 atom stereocenters. The van der Waals surface area contributed by atoms with E-state index in [-0.39, 0.29) is 29.8 Å². The highest BCUT2D eigenvalue weighted by molar-refractivity contribution is 7.89. The molecule has 0 bridgehead atoms. The number of aromatic nitrogens is 2. The Morgan fingerprint density at radius 1 is 1.00 bits per heavy atom. The number of aromatic amines is 1. The maximum Gasteiger partial charge on any atom is 0.240 e. The van der Waals surface area contributed by atoms with E-state index in [4.69, 9.17) is 4.74 Å². The third kappa shape index (κ3) is 6.46. The topological polar surface area (TPSA) is 113 Å². The Bertz CT molecular complexity index is 1340. The number of benzene rings is 3. The van der Waals surface area contributed by atoms with Crippen molar-refractivity contribution in [3.63, 3.8) is 0 Å². The number of H-pyrrole nitrogens is 1. The highest BCUT2D eigenvalue weighted by atomic mass is 32.2. The number of hydrogen-bond donors (Lipinski definition) is 3. The van der Waals surface area contributed by atoms with Crippen LogP contribution in [0.5, 0.6) is 5.75 Å². The third-order valence-corrected chi connectivity index (χ3v) is 6.92. The van der Waals surface area contributed by atoms with Gasteiger partial charge in [-0.1, -0.05) is 42.5 Å². The number of hydrogen-bond acceptors (Lipinski definition) is 5. The van der Waals surface area contributed by atoms with Crippen molar-refractivity contribution in [2.75, 3.05) is 13.2 Å². The molecule has 0 aliphatic rings. The van der Waals surface area contributed by atoms with Crippen LogP contribution in [-0.2, 0) is 21.2 Å². The Labute approximate surface area is 204 Å². The average molecular weight is 493 g/mol. The highest BCUT2D eigenvalue weighted by Gasteiger charge is 2.20. The number of carbonyl (C=O) groups is 1. The van der Waals surface area contributed by atoms with Crippen LogP contribution in [0.25, 0.3) is 11.0 Å². The Hall–Kier alpha value is -3.69. The van der Waals surface area contributed by atoms with E-state index in [1.807, 2.05) is 61.5 Å². The van der Waals surface area contributed by atoms with E-state index in [0.717, 1.165) is 16.6 Å². The van der Waals surface area contributed by atoms with Crippen LogP contribution in [0.15, 0.2) is 83.8 Å². The smallest absolute Gasteiger partial charge is 0.240 e. The molecule has 1 amide bonds. The van der Waals surface area contributed by atoms with Crippen LogP contribution in [0, 0.1) is 0 Å². The van der Waals surface area contributed by atoms with Gasteiger partial charge in [-0.15, -0.1) is 0 Å². The summed E-state index contributed by atoms with van der Waals surface area (Å²) in [5.41, 5.74) is 2.75. The summed E-state index contributed by atoms with van der Waals surface area (Å²) in [5.74, 6) is 0.972. The molecule has 0 fully saturated rings. The number of amides is 1. The number of fused-ring (bicyclic) bond motifs is 1. The summed E-state index contributed by atoms with van der Waals surface area (Å²) in [6.45, 7) is 2.33. The molecule has 8 nitrogen and oxygen atoms in total. The normalized spacial score (nSPS) is 12.4. The van der Waals surface area contributed by atoms with E-state index >= 15 is 0 Å². The summed E-state index contributed by atoms with van der Waals surface area (Å²) >= 11 is 0. The summed E-state index contributed by atoms with van der Waals surface area (Å²) in [6.07, 6.45) is 0.534. The van der Waals surface area contributed by atoms with E-state index < -0.39 is 10.0 Å². The first-order valence-corrected chi connectivity index (χ1v) is 12.9. The largest absolute Gasteiger partial charge is 0.494 e. The van der Waals surface area contributed by atoms with E-state index in [1.165, 1.54) is 12.1 Å². The number of para-hydroxylation sites is 2. The van der Waals surface area contributed by atoms with E-state index in [0.29, 0.717) is 24.6 Å². The SMILES string of the molecule is CCOc1ccc(S(=O)(=O)NCCC(=O)N[C@@H](Cc2ccccc2)c2nc3ccccc3[nH]2)cc1. The Balaban J connectivity index is 1.40. The molecular weight excluding hydrogens is 464 g/mol. The molecule has 35 heavy (non-hydrogen) atoms. The predicted octanol–water partition coefficient (Wildman–Crippen LogP) is 3.73. The van der Waals surface area contributed by atoms with Crippen molar-refractivity contribution in [3.8, 4) is 5.75 Å². The molecule has 0 aliphatic carbocycles. The van der Waals surface area contributed by atoms with Gasteiger partial charge in [-0.3, -0.25) is 4.79 Å². The van der Waals surface area contributed by atoms with Crippen molar-refractivity contribution in [3.05, 3.63) is 90.3 Å². The van der Waals surface area contributed by atoms with Gasteiger partial charge in [0.25, 0.3) is 0 Å². The van der Waals surface area contributed by atoms with Crippen molar-refractivity contribution >= 4 is 27.0 Å². The monoisotopic (exact) mass is 492 g/mol. The number of rotatable bonds is 11. The van der Waals surface area contributed by atoms with Gasteiger partial charge in [-0.2, -0.15) is 0 Å². The van der Waals surface area contributed by atoms with E-state index in [1.54, 1.807) is 12.1 Å². The molecule has 182 valence electrons. The van der Waals surface area contributed by atoms with Gasteiger partial charge in [0.2, 0.25) is 15.9 Å². The molecule has 0 aliphatic heterocycles. The third-order valence-electron chi connectivity index (χ3n) is 5.44. The fourth-order valence-corrected chi connectivity index (χ4v) is 4.77. The van der Waals surface area contributed by atoms with Crippen LogP contribution in [0.1, 0.15) is 30.8 Å². The fourth-order valence-electron chi connectivity index (χ4n) is 3.73. The molecule has 0 saturated carbocycles. The van der Waals surface area contributed by atoms with Crippen molar-refractivity contribution < 1.29 is 17.9 Å². The number of carbonyl (C=O) groups excluding carboxylic acids is 1. The van der Waals surface area contributed by atoms with Gasteiger partial charge in [0, 0.05) is 13.0 Å². The molecule has 3 aromatic carbocycles. The minimum atomic E-state index is -3.74.